The topological polar surface area (TPSA) is 69.6 Å². The number of hydrogen-bond acceptors (Lipinski definition) is 2. The zero-order valence-electron chi connectivity index (χ0n) is 11.7. The molecule has 2 amide bonds. The smallest absolute Gasteiger partial charge is 0.323 e. The van der Waals surface area contributed by atoms with Gasteiger partial charge in [-0.15, -0.1) is 0 Å². The number of carboxylic acids is 1. The number of urea groups is 1. The molecule has 1 fully saturated rings. The zero-order valence-corrected chi connectivity index (χ0v) is 11.7. The highest BCUT2D eigenvalue weighted by atomic mass is 16.4. The number of carboxylic acid groups (broad SMARTS) is 1. The molecule has 1 unspecified atom stereocenters. The summed E-state index contributed by atoms with van der Waals surface area (Å²) >= 11 is 0. The monoisotopic (exact) mass is 256 g/mol. The Morgan fingerprint density at radius 1 is 1.44 bits per heavy atom. The summed E-state index contributed by atoms with van der Waals surface area (Å²) in [6, 6.07) is -0.215. The molecule has 0 bridgehead atoms. The van der Waals surface area contributed by atoms with Crippen molar-refractivity contribution in [2.75, 3.05) is 6.54 Å². The fraction of sp³-hybridized carbons (Fsp3) is 0.846. The molecule has 1 saturated carbocycles. The molecular weight excluding hydrogens is 232 g/mol. The van der Waals surface area contributed by atoms with Crippen LogP contribution < -0.4 is 5.32 Å². The number of aliphatic carboxylic acids is 1. The van der Waals surface area contributed by atoms with Crippen LogP contribution in [0, 0.1) is 5.41 Å². The van der Waals surface area contributed by atoms with Crippen LogP contribution in [0.3, 0.4) is 0 Å². The summed E-state index contributed by atoms with van der Waals surface area (Å²) in [7, 11) is 0. The summed E-state index contributed by atoms with van der Waals surface area (Å²) in [6.45, 7) is 7.77. The quantitative estimate of drug-likeness (QED) is 0.809. The normalized spacial score (nSPS) is 21.9. The third-order valence-corrected chi connectivity index (χ3v) is 3.49. The van der Waals surface area contributed by atoms with Crippen molar-refractivity contribution in [1.29, 1.82) is 0 Å². The standard InChI is InChI=1S/C13H24N2O3/c1-9(2)15(8-11(16)17)12(18)14-10-5-6-13(3,4)7-10/h9-10H,5-8H2,1-4H3,(H,14,18)(H,16,17). The van der Waals surface area contributed by atoms with Crippen LogP contribution in [-0.2, 0) is 4.79 Å². The highest BCUT2D eigenvalue weighted by Gasteiger charge is 2.33. The van der Waals surface area contributed by atoms with Crippen LogP contribution in [0.5, 0.6) is 0 Å². The van der Waals surface area contributed by atoms with Gasteiger partial charge in [0, 0.05) is 12.1 Å². The molecule has 1 aliphatic carbocycles. The van der Waals surface area contributed by atoms with Gasteiger partial charge in [-0.2, -0.15) is 0 Å². The SMILES string of the molecule is CC(C)N(CC(=O)O)C(=O)NC1CCC(C)(C)C1. The van der Waals surface area contributed by atoms with Crippen molar-refractivity contribution in [3.63, 3.8) is 0 Å². The molecule has 0 aromatic carbocycles. The molecule has 2 N–H and O–H groups in total. The Kier molecular flexibility index (Phi) is 4.59. The Balaban J connectivity index is 2.54. The number of nitrogens with zero attached hydrogens (tertiary/aromatic N) is 1. The lowest BCUT2D eigenvalue weighted by Gasteiger charge is -2.27. The maximum atomic E-state index is 12.0. The van der Waals surface area contributed by atoms with Crippen LogP contribution in [0.4, 0.5) is 4.79 Å². The summed E-state index contributed by atoms with van der Waals surface area (Å²) < 4.78 is 0. The Labute approximate surface area is 109 Å². The van der Waals surface area contributed by atoms with Crippen LogP contribution in [0.2, 0.25) is 0 Å². The fourth-order valence-electron chi connectivity index (χ4n) is 2.45. The fourth-order valence-corrected chi connectivity index (χ4v) is 2.45. The molecule has 0 saturated heterocycles. The molecule has 0 radical (unpaired) electrons. The van der Waals surface area contributed by atoms with Gasteiger partial charge in [0.15, 0.2) is 0 Å². The van der Waals surface area contributed by atoms with E-state index in [1.165, 1.54) is 4.90 Å². The molecule has 0 heterocycles. The molecule has 104 valence electrons. The minimum Gasteiger partial charge on any atom is -0.480 e. The van der Waals surface area contributed by atoms with Gasteiger partial charge >= 0.3 is 12.0 Å². The number of amides is 2. The van der Waals surface area contributed by atoms with Crippen molar-refractivity contribution in [1.82, 2.24) is 10.2 Å². The van der Waals surface area contributed by atoms with E-state index in [-0.39, 0.29) is 30.1 Å². The average Bonchev–Trinajstić information content (AvgIpc) is 2.53. The summed E-state index contributed by atoms with van der Waals surface area (Å²) in [4.78, 5) is 24.1. The molecule has 5 heteroatoms. The molecule has 0 spiro atoms. The predicted molar refractivity (Wildman–Crippen MR) is 69.4 cm³/mol. The highest BCUT2D eigenvalue weighted by Crippen LogP contribution is 2.36. The Morgan fingerprint density at radius 3 is 2.44 bits per heavy atom. The third-order valence-electron chi connectivity index (χ3n) is 3.49. The van der Waals surface area contributed by atoms with Crippen molar-refractivity contribution in [3.05, 3.63) is 0 Å². The lowest BCUT2D eigenvalue weighted by molar-refractivity contribution is -0.138. The third kappa shape index (κ3) is 4.20. The first-order chi connectivity index (χ1) is 8.21. The maximum Gasteiger partial charge on any atom is 0.323 e. The molecule has 0 aromatic heterocycles. The van der Waals surface area contributed by atoms with E-state index in [4.69, 9.17) is 5.11 Å². The first-order valence-electron chi connectivity index (χ1n) is 6.50. The van der Waals surface area contributed by atoms with Crippen molar-refractivity contribution < 1.29 is 14.7 Å². The number of hydrogen-bond donors (Lipinski definition) is 2. The first kappa shape index (κ1) is 14.8. The van der Waals surface area contributed by atoms with Gasteiger partial charge < -0.3 is 15.3 Å². The number of rotatable bonds is 4. The first-order valence-corrected chi connectivity index (χ1v) is 6.50. The minimum absolute atomic E-state index is 0.115. The maximum absolute atomic E-state index is 12.0. The highest BCUT2D eigenvalue weighted by molar-refractivity contribution is 5.80. The van der Waals surface area contributed by atoms with Crippen molar-refractivity contribution in [2.24, 2.45) is 5.41 Å². The second-order valence-electron chi connectivity index (χ2n) is 6.17. The van der Waals surface area contributed by atoms with Gasteiger partial charge in [-0.1, -0.05) is 13.8 Å². The zero-order chi connectivity index (χ0) is 13.9. The Morgan fingerprint density at radius 2 is 2.06 bits per heavy atom. The van der Waals surface area contributed by atoms with E-state index >= 15 is 0 Å². The van der Waals surface area contributed by atoms with Crippen molar-refractivity contribution in [3.8, 4) is 0 Å². The van der Waals surface area contributed by atoms with E-state index in [1.807, 2.05) is 13.8 Å². The predicted octanol–water partition coefficient (Wildman–Crippen LogP) is 2.07. The van der Waals surface area contributed by atoms with E-state index in [0.29, 0.717) is 0 Å². The molecule has 1 aliphatic rings. The van der Waals surface area contributed by atoms with Gasteiger partial charge in [0.05, 0.1) is 0 Å². The molecular formula is C13H24N2O3. The van der Waals surface area contributed by atoms with E-state index < -0.39 is 5.97 Å². The number of carbonyl (C=O) groups is 2. The Bertz CT molecular complexity index is 326. The summed E-state index contributed by atoms with van der Waals surface area (Å²) in [5.74, 6) is -0.981. The number of nitrogens with one attached hydrogen (secondary N) is 1. The van der Waals surface area contributed by atoms with Gasteiger partial charge in [0.2, 0.25) is 0 Å². The van der Waals surface area contributed by atoms with E-state index in [1.54, 1.807) is 0 Å². The van der Waals surface area contributed by atoms with Crippen molar-refractivity contribution >= 4 is 12.0 Å². The van der Waals surface area contributed by atoms with Crippen LogP contribution in [-0.4, -0.2) is 40.6 Å². The van der Waals surface area contributed by atoms with Crippen LogP contribution in [0.1, 0.15) is 47.0 Å². The van der Waals surface area contributed by atoms with Crippen LogP contribution in [0.15, 0.2) is 0 Å². The largest absolute Gasteiger partial charge is 0.480 e. The summed E-state index contributed by atoms with van der Waals surface area (Å²) in [5.41, 5.74) is 0.271. The number of carbonyl (C=O) groups excluding carboxylic acids is 1. The second-order valence-corrected chi connectivity index (χ2v) is 6.17. The van der Waals surface area contributed by atoms with E-state index in [9.17, 15) is 9.59 Å². The van der Waals surface area contributed by atoms with E-state index in [2.05, 4.69) is 19.2 Å². The molecule has 0 aromatic rings. The lowest BCUT2D eigenvalue weighted by Crippen LogP contribution is -2.49. The van der Waals surface area contributed by atoms with Gasteiger partial charge in [0.25, 0.3) is 0 Å². The molecule has 1 atom stereocenters. The minimum atomic E-state index is -0.981. The molecule has 0 aliphatic heterocycles. The Hall–Kier alpha value is -1.26. The van der Waals surface area contributed by atoms with Gasteiger partial charge in [-0.25, -0.2) is 4.79 Å². The van der Waals surface area contributed by atoms with Crippen LogP contribution >= 0.6 is 0 Å². The van der Waals surface area contributed by atoms with Gasteiger partial charge in [0.1, 0.15) is 6.54 Å². The molecule has 5 nitrogen and oxygen atoms in total. The van der Waals surface area contributed by atoms with Gasteiger partial charge in [-0.05, 0) is 38.5 Å². The summed E-state index contributed by atoms with van der Waals surface area (Å²) in [5, 5.41) is 11.7. The lowest BCUT2D eigenvalue weighted by atomic mass is 9.92. The van der Waals surface area contributed by atoms with Crippen molar-refractivity contribution in [2.45, 2.75) is 59.0 Å². The molecule has 1 rings (SSSR count). The summed E-state index contributed by atoms with van der Waals surface area (Å²) in [6.07, 6.45) is 3.02. The molecule has 18 heavy (non-hydrogen) atoms. The average molecular weight is 256 g/mol. The van der Waals surface area contributed by atoms with E-state index in [0.717, 1.165) is 19.3 Å². The van der Waals surface area contributed by atoms with Gasteiger partial charge in [-0.3, -0.25) is 4.79 Å². The second kappa shape index (κ2) is 5.59. The van der Waals surface area contributed by atoms with Crippen LogP contribution in [0.25, 0.3) is 0 Å².